The average Bonchev–Trinajstić information content (AvgIpc) is 0. The van der Waals surface area contributed by atoms with Gasteiger partial charge in [0.1, 0.15) is 0 Å². The van der Waals surface area contributed by atoms with Gasteiger partial charge in [-0.1, -0.05) is 0 Å². The molecule has 0 nitrogen and oxygen atoms in total. The molecule has 0 saturated carbocycles. The summed E-state index contributed by atoms with van der Waals surface area (Å²) in [5, 5.41) is 0. The third-order valence-electron chi connectivity index (χ3n) is 0. The second-order valence-corrected chi connectivity index (χ2v) is 0. The summed E-state index contributed by atoms with van der Waals surface area (Å²) < 4.78 is 0. The van der Waals surface area contributed by atoms with Gasteiger partial charge in [0.15, 0.2) is 0 Å². The van der Waals surface area contributed by atoms with Crippen LogP contribution in [0.25, 0.3) is 0 Å². The molecule has 0 aromatic heterocycles. The van der Waals surface area contributed by atoms with Crippen molar-refractivity contribution in [3.63, 3.8) is 0 Å². The predicted octanol–water partition coefficient (Wildman–Crippen LogP) is -5.77. The number of hydrogen-bond acceptors (Lipinski definition) is 0. The first-order valence-electron chi connectivity index (χ1n) is 0. The van der Waals surface area contributed by atoms with Crippen molar-refractivity contribution in [2.45, 2.75) is 0 Å². The van der Waals surface area contributed by atoms with Gasteiger partial charge in [0.2, 0.25) is 0 Å². The first kappa shape index (κ1) is 43.7. The van der Waals surface area contributed by atoms with Gasteiger partial charge >= 0.3 is 58.5 Å². The van der Waals surface area contributed by atoms with Gasteiger partial charge in [0.05, 0.1) is 0 Å². The molecule has 0 N–H and O–H groups in total. The van der Waals surface area contributed by atoms with Crippen molar-refractivity contribution in [3.05, 3.63) is 0 Å². The summed E-state index contributed by atoms with van der Waals surface area (Å²) in [6.45, 7) is 0. The Hall–Kier alpha value is 1.70. The Bertz CT molecular complexity index is 16.0. The molecule has 0 aromatic carbocycles. The van der Waals surface area contributed by atoms with E-state index in [-0.39, 0.29) is 69.0 Å². The van der Waals surface area contributed by atoms with Crippen LogP contribution in [-0.4, -0.2) is 10.1 Å². The van der Waals surface area contributed by atoms with Gasteiger partial charge < -0.3 is 5.71 Å². The quantitative estimate of drug-likeness (QED) is 0.246. The van der Waals surface area contributed by atoms with E-state index in [1.54, 1.807) is 0 Å². The van der Waals surface area contributed by atoms with Crippen LogP contribution in [0.3, 0.4) is 0 Å². The fourth-order valence-corrected chi connectivity index (χ4v) is 0. The van der Waals surface area contributed by atoms with Crippen molar-refractivity contribution in [1.82, 2.24) is 0 Å². The maximum Gasteiger partial charge on any atom is 2.00 e. The Balaban J connectivity index is 0. The summed E-state index contributed by atoms with van der Waals surface area (Å²) in [4.78, 5) is 0. The van der Waals surface area contributed by atoms with E-state index in [1.165, 1.54) is 0 Å². The first-order valence-corrected chi connectivity index (χ1v) is 0. The fraction of sp³-hybridized carbons (Fsp3) is 0. The smallest absolute Gasteiger partial charge is 1.00 e. The molecular weight excluding hydrogens is 57.9 g/mol. The van der Waals surface area contributed by atoms with E-state index in [1.807, 2.05) is 0 Å². The Morgan fingerprint density at radius 3 is 1.25 bits per heavy atom. The van der Waals surface area contributed by atoms with Crippen molar-refractivity contribution in [1.29, 1.82) is 0 Å². The molecule has 0 spiro atoms. The van der Waals surface area contributed by atoms with Crippen LogP contribution in [0.15, 0.2) is 0 Å². The molecule has 0 atom stereocenters. The second-order valence-electron chi connectivity index (χ2n) is 0. The van der Waals surface area contributed by atoms with Crippen LogP contribution < -0.4 is 48.4 Å². The van der Waals surface area contributed by atoms with Crippen LogP contribution in [-0.2, 0) is 0 Å². The zero-order valence-electron chi connectivity index (χ0n) is 7.12. The minimum Gasteiger partial charge on any atom is -1.00 e. The number of rotatable bonds is 0. The molecule has 0 bridgehead atoms. The molecule has 4 heavy (non-hydrogen) atoms. The van der Waals surface area contributed by atoms with Gasteiger partial charge in [-0.2, -0.15) is 0 Å². The molecule has 0 rings (SSSR count). The second kappa shape index (κ2) is 22.3. The molecule has 0 heterocycles. The van der Waals surface area contributed by atoms with Crippen LogP contribution in [0.2, 0.25) is 0 Å². The Kier molecular flexibility index (Phi) is 243. The van der Waals surface area contributed by atoms with Gasteiger partial charge in [-0.05, 0) is 0 Å². The SMILES string of the molecule is F.[Be+2].[H-].[H-].[H-].[H-].[Li+].[Na+]. The van der Waals surface area contributed by atoms with E-state index in [2.05, 4.69) is 0 Å². The van der Waals surface area contributed by atoms with E-state index in [4.69, 9.17) is 0 Å². The molecule has 0 aliphatic rings. The molecule has 0 aliphatic carbocycles. The Morgan fingerprint density at radius 1 is 1.25 bits per heavy atom. The van der Waals surface area contributed by atoms with E-state index >= 15 is 0 Å². The summed E-state index contributed by atoms with van der Waals surface area (Å²) in [5.74, 6) is 0. The maximum absolute atomic E-state index is 0. The minimum absolute atomic E-state index is 0. The Morgan fingerprint density at radius 2 is 1.25 bits per heavy atom. The summed E-state index contributed by atoms with van der Waals surface area (Å²) in [6.07, 6.45) is 0. The zero-order valence-corrected chi connectivity index (χ0v) is 5.12. The third-order valence-corrected chi connectivity index (χ3v) is 0. The van der Waals surface area contributed by atoms with Crippen molar-refractivity contribution < 1.29 is 58.8 Å². The molecule has 0 fully saturated rings. The molecule has 16 valence electrons. The predicted molar refractivity (Wildman–Crippen MR) is 12.7 cm³/mol. The Labute approximate surface area is 68.7 Å². The van der Waals surface area contributed by atoms with E-state index in [0.717, 1.165) is 0 Å². The summed E-state index contributed by atoms with van der Waals surface area (Å²) >= 11 is 0. The van der Waals surface area contributed by atoms with Crippen molar-refractivity contribution in [2.24, 2.45) is 0 Å². The standard InChI is InChI=1S/Be.FH.Li.Na.4H/h;1H;;;;;;/q+2;;2*+1;4*-1. The zero-order chi connectivity index (χ0) is 0. The number of hydrogen-bond donors (Lipinski definition) is 0. The molecule has 0 aliphatic heterocycles. The summed E-state index contributed by atoms with van der Waals surface area (Å²) in [6, 6.07) is 0. The van der Waals surface area contributed by atoms with E-state index < -0.39 is 0 Å². The average molecular weight is 63.0 g/mol. The third kappa shape index (κ3) is 9.34. The molecule has 0 saturated heterocycles. The van der Waals surface area contributed by atoms with Gasteiger partial charge in [-0.15, -0.1) is 0 Å². The van der Waals surface area contributed by atoms with Gasteiger partial charge in [-0.3, -0.25) is 4.70 Å². The van der Waals surface area contributed by atoms with Crippen molar-refractivity contribution in [2.75, 3.05) is 0 Å². The van der Waals surface area contributed by atoms with Crippen LogP contribution in [0.5, 0.6) is 0 Å². The molecule has 4 heteroatoms. The van der Waals surface area contributed by atoms with Gasteiger partial charge in [0.25, 0.3) is 0 Å². The van der Waals surface area contributed by atoms with Crippen LogP contribution in [0.1, 0.15) is 5.71 Å². The van der Waals surface area contributed by atoms with Crippen LogP contribution >= 0.6 is 0 Å². The largest absolute Gasteiger partial charge is 2.00 e. The van der Waals surface area contributed by atoms with E-state index in [9.17, 15) is 0 Å². The normalized spacial score (nSPS) is 0. The summed E-state index contributed by atoms with van der Waals surface area (Å²) in [5.41, 5.74) is 0. The monoisotopic (exact) mass is 63.1 g/mol. The molecule has 0 radical (unpaired) electrons. The maximum atomic E-state index is 0. The number of halogens is 1. The molecule has 0 amide bonds. The molecule has 0 unspecified atom stereocenters. The minimum atomic E-state index is 0. The van der Waals surface area contributed by atoms with Crippen molar-refractivity contribution >= 4 is 10.1 Å². The molecule has 0 aromatic rings. The van der Waals surface area contributed by atoms with Crippen LogP contribution in [0, 0.1) is 0 Å². The topological polar surface area (TPSA) is 0 Å². The van der Waals surface area contributed by atoms with E-state index in [0.29, 0.717) is 0 Å². The van der Waals surface area contributed by atoms with Gasteiger partial charge in [-0.25, -0.2) is 0 Å². The van der Waals surface area contributed by atoms with Crippen molar-refractivity contribution in [3.8, 4) is 0 Å². The summed E-state index contributed by atoms with van der Waals surface area (Å²) in [7, 11) is 0. The fourth-order valence-electron chi connectivity index (χ4n) is 0. The molecular formula is H5BeFLiNa. The first-order chi connectivity index (χ1) is 0. The van der Waals surface area contributed by atoms with Crippen LogP contribution in [0.4, 0.5) is 4.70 Å². The van der Waals surface area contributed by atoms with Gasteiger partial charge in [0, 0.05) is 0 Å².